The first-order valence-electron chi connectivity index (χ1n) is 17.4. The van der Waals surface area contributed by atoms with Crippen molar-refractivity contribution in [3.8, 4) is 34.4 Å². The number of hydrogen-bond acceptors (Lipinski definition) is 4. The van der Waals surface area contributed by atoms with Gasteiger partial charge in [0, 0.05) is 49.7 Å². The van der Waals surface area contributed by atoms with Crippen LogP contribution in [0.3, 0.4) is 0 Å². The lowest BCUT2D eigenvalue weighted by Crippen LogP contribution is -2.08. The van der Waals surface area contributed by atoms with Gasteiger partial charge in [-0.25, -0.2) is 4.98 Å². The first kappa shape index (κ1) is 29.8. The standard InChI is InChI=1S/C46H31N5O/c1-3-15-32-36-26-27-37-33-20-11-13-22-39(33)50(31-24-25-35-34-21-12-14-23-40(34)52-41(35)28-31)42(37)43(36)51(38(32)4-2)46-48-44(29-16-7-5-8-17-29)47-45(49-46)30-18-9-6-10-19-30/h3-28H,2H2,1H3/b15-3-. The molecular formula is C46H31N5O. The third-order valence-electron chi connectivity index (χ3n) is 9.88. The van der Waals surface area contributed by atoms with Crippen molar-refractivity contribution in [1.82, 2.24) is 24.1 Å². The van der Waals surface area contributed by atoms with Crippen LogP contribution < -0.4 is 0 Å². The fourth-order valence-corrected chi connectivity index (χ4v) is 7.63. The molecule has 0 aliphatic rings. The van der Waals surface area contributed by atoms with Crippen molar-refractivity contribution in [2.45, 2.75) is 6.92 Å². The van der Waals surface area contributed by atoms with Gasteiger partial charge in [-0.2, -0.15) is 9.97 Å². The summed E-state index contributed by atoms with van der Waals surface area (Å²) in [4.78, 5) is 15.4. The third-order valence-corrected chi connectivity index (χ3v) is 9.88. The van der Waals surface area contributed by atoms with Crippen LogP contribution in [0.25, 0.3) is 101 Å². The number of furan rings is 1. The van der Waals surface area contributed by atoms with Crippen LogP contribution in [0.15, 0.2) is 157 Å². The molecule has 0 saturated carbocycles. The Labute approximate surface area is 299 Å². The molecule has 4 heterocycles. The summed E-state index contributed by atoms with van der Waals surface area (Å²) in [7, 11) is 0. The summed E-state index contributed by atoms with van der Waals surface area (Å²) in [5.74, 6) is 1.70. The van der Waals surface area contributed by atoms with E-state index in [0.717, 1.165) is 82.7 Å². The molecule has 6 aromatic carbocycles. The predicted octanol–water partition coefficient (Wildman–Crippen LogP) is 11.8. The topological polar surface area (TPSA) is 61.7 Å². The first-order chi connectivity index (χ1) is 25.7. The molecule has 10 aromatic rings. The van der Waals surface area contributed by atoms with Gasteiger partial charge in [-0.1, -0.05) is 128 Å². The van der Waals surface area contributed by atoms with Crippen LogP contribution in [-0.4, -0.2) is 24.1 Å². The molecule has 0 atom stereocenters. The lowest BCUT2D eigenvalue weighted by atomic mass is 10.1. The molecule has 0 N–H and O–H groups in total. The van der Waals surface area contributed by atoms with Crippen LogP contribution in [0, 0.1) is 0 Å². The molecule has 0 saturated heterocycles. The highest BCUT2D eigenvalue weighted by molar-refractivity contribution is 6.20. The zero-order valence-electron chi connectivity index (χ0n) is 28.4. The molecule has 52 heavy (non-hydrogen) atoms. The molecular weight excluding hydrogens is 639 g/mol. The van der Waals surface area contributed by atoms with Crippen molar-refractivity contribution in [2.75, 3.05) is 0 Å². The Morgan fingerprint density at radius 2 is 1.15 bits per heavy atom. The summed E-state index contributed by atoms with van der Waals surface area (Å²) in [5, 5.41) is 5.53. The van der Waals surface area contributed by atoms with Crippen molar-refractivity contribution in [2.24, 2.45) is 0 Å². The monoisotopic (exact) mass is 669 g/mol. The molecule has 246 valence electrons. The van der Waals surface area contributed by atoms with Gasteiger partial charge in [0.05, 0.1) is 27.9 Å². The van der Waals surface area contributed by atoms with Crippen molar-refractivity contribution < 1.29 is 4.42 Å². The second kappa shape index (κ2) is 11.8. The molecule has 0 aliphatic carbocycles. The van der Waals surface area contributed by atoms with Gasteiger partial charge in [-0.15, -0.1) is 0 Å². The van der Waals surface area contributed by atoms with E-state index in [1.165, 1.54) is 0 Å². The largest absolute Gasteiger partial charge is 0.456 e. The second-order valence-electron chi connectivity index (χ2n) is 12.8. The Balaban J connectivity index is 1.36. The van der Waals surface area contributed by atoms with Crippen LogP contribution in [0.1, 0.15) is 18.2 Å². The zero-order valence-corrected chi connectivity index (χ0v) is 28.4. The van der Waals surface area contributed by atoms with Crippen LogP contribution in [0.4, 0.5) is 0 Å². The SMILES string of the molecule is C=Cc1c(/C=C\C)c2ccc3c4ccccc4n(-c4ccc5c(c4)oc4ccccc45)c3c2n1-c1nc(-c2ccccc2)nc(-c2ccccc2)n1. The zero-order chi connectivity index (χ0) is 34.8. The van der Waals surface area contributed by atoms with Crippen LogP contribution >= 0.6 is 0 Å². The van der Waals surface area contributed by atoms with E-state index in [1.54, 1.807) is 0 Å². The number of fused-ring (bicyclic) bond motifs is 8. The minimum atomic E-state index is 0.514. The molecule has 6 nitrogen and oxygen atoms in total. The molecule has 0 radical (unpaired) electrons. The number of nitrogens with zero attached hydrogens (tertiary/aromatic N) is 5. The Morgan fingerprint density at radius 1 is 0.558 bits per heavy atom. The maximum absolute atomic E-state index is 6.41. The van der Waals surface area contributed by atoms with Gasteiger partial charge in [0.1, 0.15) is 11.2 Å². The van der Waals surface area contributed by atoms with Crippen LogP contribution in [0.5, 0.6) is 0 Å². The lowest BCUT2D eigenvalue weighted by molar-refractivity contribution is 0.668. The summed E-state index contributed by atoms with van der Waals surface area (Å²) >= 11 is 0. The molecule has 0 aliphatic heterocycles. The minimum Gasteiger partial charge on any atom is -0.456 e. The predicted molar refractivity (Wildman–Crippen MR) is 214 cm³/mol. The maximum atomic E-state index is 6.41. The number of rotatable bonds is 6. The third kappa shape index (κ3) is 4.48. The number of hydrogen-bond donors (Lipinski definition) is 0. The summed E-state index contributed by atoms with van der Waals surface area (Å²) in [5.41, 5.74) is 9.57. The van der Waals surface area contributed by atoms with Crippen LogP contribution in [0.2, 0.25) is 0 Å². The number of benzene rings is 6. The van der Waals surface area contributed by atoms with E-state index in [4.69, 9.17) is 19.4 Å². The number of aromatic nitrogens is 5. The van der Waals surface area contributed by atoms with Crippen LogP contribution in [-0.2, 0) is 0 Å². The first-order valence-corrected chi connectivity index (χ1v) is 17.4. The van der Waals surface area contributed by atoms with E-state index >= 15 is 0 Å². The fourth-order valence-electron chi connectivity index (χ4n) is 7.63. The Hall–Kier alpha value is -7.05. The quantitative estimate of drug-likeness (QED) is 0.177. The van der Waals surface area contributed by atoms with E-state index in [2.05, 4.69) is 94.6 Å². The Morgan fingerprint density at radius 3 is 1.87 bits per heavy atom. The summed E-state index contributed by atoms with van der Waals surface area (Å²) < 4.78 is 10.9. The normalized spacial score (nSPS) is 11.9. The van der Waals surface area contributed by atoms with Gasteiger partial charge in [-0.05, 0) is 37.3 Å². The molecule has 0 amide bonds. The van der Waals surface area contributed by atoms with Gasteiger partial charge in [0.15, 0.2) is 11.6 Å². The highest BCUT2D eigenvalue weighted by atomic mass is 16.3. The molecule has 10 rings (SSSR count). The summed E-state index contributed by atoms with van der Waals surface area (Å²) in [6.07, 6.45) is 6.12. The van der Waals surface area contributed by atoms with Gasteiger partial charge < -0.3 is 8.98 Å². The summed E-state index contributed by atoms with van der Waals surface area (Å²) in [6.45, 7) is 6.37. The molecule has 0 bridgehead atoms. The van der Waals surface area contributed by atoms with Gasteiger partial charge in [-0.3, -0.25) is 4.57 Å². The average molecular weight is 670 g/mol. The second-order valence-corrected chi connectivity index (χ2v) is 12.8. The lowest BCUT2D eigenvalue weighted by Gasteiger charge is -2.14. The highest BCUT2D eigenvalue weighted by Gasteiger charge is 2.25. The van der Waals surface area contributed by atoms with Gasteiger partial charge in [0.2, 0.25) is 5.95 Å². The van der Waals surface area contributed by atoms with E-state index in [9.17, 15) is 0 Å². The van der Waals surface area contributed by atoms with Crippen molar-refractivity contribution in [1.29, 1.82) is 0 Å². The molecule has 0 spiro atoms. The van der Waals surface area contributed by atoms with Crippen molar-refractivity contribution in [3.05, 3.63) is 163 Å². The van der Waals surface area contributed by atoms with Gasteiger partial charge >= 0.3 is 0 Å². The minimum absolute atomic E-state index is 0.514. The average Bonchev–Trinajstić information content (AvgIpc) is 3.85. The van der Waals surface area contributed by atoms with Crippen molar-refractivity contribution >= 4 is 66.8 Å². The highest BCUT2D eigenvalue weighted by Crippen LogP contribution is 2.42. The van der Waals surface area contributed by atoms with E-state index in [1.807, 2.05) is 85.8 Å². The maximum Gasteiger partial charge on any atom is 0.238 e. The number of para-hydroxylation sites is 2. The molecule has 0 fully saturated rings. The van der Waals surface area contributed by atoms with Crippen molar-refractivity contribution in [3.63, 3.8) is 0 Å². The molecule has 4 aromatic heterocycles. The molecule has 6 heteroatoms. The smallest absolute Gasteiger partial charge is 0.238 e. The Kier molecular flexibility index (Phi) is 6.76. The van der Waals surface area contributed by atoms with E-state index in [-0.39, 0.29) is 0 Å². The van der Waals surface area contributed by atoms with Gasteiger partial charge in [0.25, 0.3) is 0 Å². The fraction of sp³-hybridized carbons (Fsp3) is 0.0217. The Bertz CT molecular complexity index is 2980. The molecule has 0 unspecified atom stereocenters. The summed E-state index contributed by atoms with van der Waals surface area (Å²) in [6, 6.07) is 47.9. The van der Waals surface area contributed by atoms with E-state index in [0.29, 0.717) is 17.6 Å². The number of allylic oxidation sites excluding steroid dienone is 1. The van der Waals surface area contributed by atoms with E-state index < -0.39 is 0 Å².